The number of pyridine rings is 1. The van der Waals surface area contributed by atoms with Gasteiger partial charge >= 0.3 is 0 Å². The SMILES string of the molecule is Fc1ccc(F)c(CN2CCOc3ccc(CN4CCC(Oc5cccnc5)CC4)cc3C2)c1F. The monoisotopic (exact) mass is 483 g/mol. The highest BCUT2D eigenvalue weighted by atomic mass is 19.2. The molecule has 1 saturated heterocycles. The highest BCUT2D eigenvalue weighted by molar-refractivity contribution is 5.38. The van der Waals surface area contributed by atoms with Crippen LogP contribution >= 0.6 is 0 Å². The second-order valence-electron chi connectivity index (χ2n) is 9.11. The Labute approximate surface area is 203 Å². The van der Waals surface area contributed by atoms with Gasteiger partial charge in [0.25, 0.3) is 0 Å². The standard InChI is InChI=1S/C27H28F3N3O2/c28-24-4-5-25(29)27(30)23(24)18-33-12-13-34-26-6-3-19(14-20(26)17-33)16-32-10-7-21(8-11-32)35-22-2-1-9-31-15-22/h1-6,9,14-15,21H,7-8,10-13,16-18H2. The minimum Gasteiger partial charge on any atom is -0.492 e. The van der Waals surface area contributed by atoms with Gasteiger partial charge in [-0.3, -0.25) is 14.8 Å². The molecule has 1 aromatic heterocycles. The Morgan fingerprint density at radius 3 is 2.57 bits per heavy atom. The van der Waals surface area contributed by atoms with Crippen molar-refractivity contribution < 1.29 is 22.6 Å². The van der Waals surface area contributed by atoms with E-state index in [1.807, 2.05) is 23.1 Å². The van der Waals surface area contributed by atoms with Crippen LogP contribution in [0.25, 0.3) is 0 Å². The number of fused-ring (bicyclic) bond motifs is 1. The van der Waals surface area contributed by atoms with Crippen molar-refractivity contribution in [2.75, 3.05) is 26.2 Å². The molecule has 0 aliphatic carbocycles. The van der Waals surface area contributed by atoms with E-state index in [1.165, 1.54) is 0 Å². The van der Waals surface area contributed by atoms with Gasteiger partial charge in [-0.1, -0.05) is 6.07 Å². The number of benzene rings is 2. The normalized spacial score (nSPS) is 17.5. The van der Waals surface area contributed by atoms with Gasteiger partial charge in [-0.15, -0.1) is 0 Å². The van der Waals surface area contributed by atoms with Crippen LogP contribution in [0.15, 0.2) is 54.9 Å². The van der Waals surface area contributed by atoms with E-state index in [4.69, 9.17) is 9.47 Å². The molecule has 2 aliphatic heterocycles. The number of hydrogen-bond acceptors (Lipinski definition) is 5. The fraction of sp³-hybridized carbons (Fsp3) is 0.370. The zero-order valence-electron chi connectivity index (χ0n) is 19.4. The molecule has 0 atom stereocenters. The van der Waals surface area contributed by atoms with Crippen molar-refractivity contribution in [1.29, 1.82) is 0 Å². The van der Waals surface area contributed by atoms with Crippen LogP contribution in [0.5, 0.6) is 11.5 Å². The molecule has 0 amide bonds. The molecule has 184 valence electrons. The van der Waals surface area contributed by atoms with Crippen LogP contribution in [0.3, 0.4) is 0 Å². The number of halogens is 3. The van der Waals surface area contributed by atoms with E-state index in [1.54, 1.807) is 12.4 Å². The second-order valence-corrected chi connectivity index (χ2v) is 9.11. The van der Waals surface area contributed by atoms with Crippen molar-refractivity contribution in [1.82, 2.24) is 14.8 Å². The van der Waals surface area contributed by atoms with Gasteiger partial charge in [0.1, 0.15) is 30.0 Å². The summed E-state index contributed by atoms with van der Waals surface area (Å²) in [5.74, 6) is -1.32. The first-order valence-corrected chi connectivity index (χ1v) is 11.9. The van der Waals surface area contributed by atoms with Gasteiger partial charge in [-0.2, -0.15) is 0 Å². The largest absolute Gasteiger partial charge is 0.492 e. The van der Waals surface area contributed by atoms with Crippen LogP contribution in [0, 0.1) is 17.5 Å². The molecule has 3 aromatic rings. The van der Waals surface area contributed by atoms with Gasteiger partial charge in [0.05, 0.1) is 6.20 Å². The van der Waals surface area contributed by atoms with Crippen LogP contribution in [-0.4, -0.2) is 47.1 Å². The summed E-state index contributed by atoms with van der Waals surface area (Å²) in [4.78, 5) is 8.39. The second kappa shape index (κ2) is 10.7. The van der Waals surface area contributed by atoms with Crippen LogP contribution in [-0.2, 0) is 19.6 Å². The van der Waals surface area contributed by atoms with Gasteiger partial charge in [0.15, 0.2) is 11.6 Å². The summed E-state index contributed by atoms with van der Waals surface area (Å²) in [6, 6.07) is 11.7. The number of aromatic nitrogens is 1. The first kappa shape index (κ1) is 23.6. The maximum atomic E-state index is 14.2. The quantitative estimate of drug-likeness (QED) is 0.465. The third kappa shape index (κ3) is 5.77. The molecular weight excluding hydrogens is 455 g/mol. The average molecular weight is 484 g/mol. The Morgan fingerprint density at radius 1 is 0.943 bits per heavy atom. The molecule has 8 heteroatoms. The summed E-state index contributed by atoms with van der Waals surface area (Å²) in [5.41, 5.74) is 1.87. The van der Waals surface area contributed by atoms with Gasteiger partial charge in [-0.25, -0.2) is 13.2 Å². The fourth-order valence-corrected chi connectivity index (χ4v) is 4.73. The molecule has 0 saturated carbocycles. The Morgan fingerprint density at radius 2 is 1.77 bits per heavy atom. The Balaban J connectivity index is 1.20. The maximum Gasteiger partial charge on any atom is 0.166 e. The van der Waals surface area contributed by atoms with Crippen molar-refractivity contribution in [3.8, 4) is 11.5 Å². The molecule has 2 aromatic carbocycles. The average Bonchev–Trinajstić information content (AvgIpc) is 3.07. The highest BCUT2D eigenvalue weighted by Gasteiger charge is 2.23. The topological polar surface area (TPSA) is 37.8 Å². The fourth-order valence-electron chi connectivity index (χ4n) is 4.73. The lowest BCUT2D eigenvalue weighted by Gasteiger charge is -2.32. The molecule has 0 unspecified atom stereocenters. The summed E-state index contributed by atoms with van der Waals surface area (Å²) in [7, 11) is 0. The Kier molecular flexibility index (Phi) is 7.20. The molecule has 0 radical (unpaired) electrons. The molecule has 35 heavy (non-hydrogen) atoms. The highest BCUT2D eigenvalue weighted by Crippen LogP contribution is 2.28. The van der Waals surface area contributed by atoms with Crippen LogP contribution in [0.2, 0.25) is 0 Å². The van der Waals surface area contributed by atoms with E-state index in [-0.39, 0.29) is 18.2 Å². The minimum absolute atomic E-state index is 0.0209. The van der Waals surface area contributed by atoms with E-state index in [0.717, 1.165) is 67.2 Å². The third-order valence-electron chi connectivity index (χ3n) is 6.58. The maximum absolute atomic E-state index is 14.2. The minimum atomic E-state index is -1.12. The molecule has 0 N–H and O–H groups in total. The zero-order valence-corrected chi connectivity index (χ0v) is 19.4. The van der Waals surface area contributed by atoms with Crippen molar-refractivity contribution in [2.45, 2.75) is 38.6 Å². The molecule has 3 heterocycles. The van der Waals surface area contributed by atoms with E-state index < -0.39 is 17.5 Å². The van der Waals surface area contributed by atoms with Gasteiger partial charge in [0.2, 0.25) is 0 Å². The molecule has 5 nitrogen and oxygen atoms in total. The van der Waals surface area contributed by atoms with Crippen molar-refractivity contribution in [2.24, 2.45) is 0 Å². The lowest BCUT2D eigenvalue weighted by Crippen LogP contribution is -2.37. The Hall–Kier alpha value is -3.10. The smallest absolute Gasteiger partial charge is 0.166 e. The van der Waals surface area contributed by atoms with E-state index in [2.05, 4.69) is 22.0 Å². The lowest BCUT2D eigenvalue weighted by atomic mass is 10.0. The van der Waals surface area contributed by atoms with Crippen LogP contribution < -0.4 is 9.47 Å². The molecule has 5 rings (SSSR count). The van der Waals surface area contributed by atoms with Crippen LogP contribution in [0.4, 0.5) is 13.2 Å². The van der Waals surface area contributed by atoms with E-state index in [0.29, 0.717) is 19.7 Å². The molecular formula is C27H28F3N3O2. The number of hydrogen-bond donors (Lipinski definition) is 0. The predicted molar refractivity (Wildman–Crippen MR) is 126 cm³/mol. The summed E-state index contributed by atoms with van der Waals surface area (Å²) >= 11 is 0. The van der Waals surface area contributed by atoms with Gasteiger partial charge in [0, 0.05) is 56.6 Å². The van der Waals surface area contributed by atoms with Crippen molar-refractivity contribution >= 4 is 0 Å². The third-order valence-corrected chi connectivity index (χ3v) is 6.58. The summed E-state index contributed by atoms with van der Waals surface area (Å²) in [5, 5.41) is 0. The number of nitrogens with zero attached hydrogens (tertiary/aromatic N) is 3. The first-order chi connectivity index (χ1) is 17.0. The molecule has 2 aliphatic rings. The van der Waals surface area contributed by atoms with E-state index >= 15 is 0 Å². The molecule has 1 fully saturated rings. The van der Waals surface area contributed by atoms with Crippen molar-refractivity contribution in [3.63, 3.8) is 0 Å². The van der Waals surface area contributed by atoms with Gasteiger partial charge in [-0.05, 0) is 54.8 Å². The summed E-state index contributed by atoms with van der Waals surface area (Å²) in [6.07, 6.45) is 5.55. The number of rotatable bonds is 6. The first-order valence-electron chi connectivity index (χ1n) is 11.9. The van der Waals surface area contributed by atoms with Crippen LogP contribution in [0.1, 0.15) is 29.5 Å². The van der Waals surface area contributed by atoms with Crippen molar-refractivity contribution in [3.05, 3.63) is 89.0 Å². The predicted octanol–water partition coefficient (Wildman–Crippen LogP) is 4.94. The molecule has 0 bridgehead atoms. The number of likely N-dealkylation sites (tertiary alicyclic amines) is 1. The number of piperidine rings is 1. The zero-order chi connectivity index (χ0) is 24.2. The summed E-state index contributed by atoms with van der Waals surface area (Å²) < 4.78 is 53.9. The molecule has 0 spiro atoms. The van der Waals surface area contributed by atoms with Gasteiger partial charge < -0.3 is 9.47 Å². The lowest BCUT2D eigenvalue weighted by molar-refractivity contribution is 0.0965. The number of ether oxygens (including phenoxy) is 2. The Bertz CT molecular complexity index is 1150. The summed E-state index contributed by atoms with van der Waals surface area (Å²) in [6.45, 7) is 4.01. The van der Waals surface area contributed by atoms with E-state index in [9.17, 15) is 13.2 Å².